The van der Waals surface area contributed by atoms with Gasteiger partial charge in [0, 0.05) is 50.2 Å². The van der Waals surface area contributed by atoms with Crippen LogP contribution in [0.25, 0.3) is 10.9 Å². The summed E-state index contributed by atoms with van der Waals surface area (Å²) >= 11 is 0. The van der Waals surface area contributed by atoms with Crippen LogP contribution in [0.4, 0.5) is 29.2 Å². The number of nitrogens with zero attached hydrogens (tertiary/aromatic N) is 6. The first-order valence-corrected chi connectivity index (χ1v) is 15.6. The molecule has 2 aliphatic rings. The van der Waals surface area contributed by atoms with Crippen LogP contribution < -0.4 is 9.80 Å². The monoisotopic (exact) mass is 612 g/mol. The third-order valence-electron chi connectivity index (χ3n) is 7.53. The van der Waals surface area contributed by atoms with E-state index in [9.17, 15) is 30.0 Å². The molecule has 41 heavy (non-hydrogen) atoms. The maximum Gasteiger partial charge on any atom is 0.285 e. The molecule has 4 aromatic rings. The number of anilines is 2. The lowest BCUT2D eigenvalue weighted by atomic mass is 10.1. The van der Waals surface area contributed by atoms with E-state index in [-0.39, 0.29) is 42.2 Å². The molecular weight excluding hydrogens is 588 g/mol. The molecule has 1 spiro atoms. The van der Waals surface area contributed by atoms with Crippen molar-refractivity contribution in [2.75, 3.05) is 29.4 Å². The number of hydrogen-bond donors (Lipinski definition) is 0. The van der Waals surface area contributed by atoms with Gasteiger partial charge in [-0.1, -0.05) is 0 Å². The molecule has 16 heteroatoms. The Morgan fingerprint density at radius 1 is 0.927 bits per heavy atom. The second-order valence-corrected chi connectivity index (χ2v) is 14.6. The second-order valence-electron chi connectivity index (χ2n) is 10.5. The smallest absolute Gasteiger partial charge is 0.285 e. The Balaban J connectivity index is 1.44. The number of piperazine rings is 1. The highest BCUT2D eigenvalue weighted by molar-refractivity contribution is 7.91. The van der Waals surface area contributed by atoms with Gasteiger partial charge >= 0.3 is 0 Å². The fourth-order valence-electron chi connectivity index (χ4n) is 5.21. The highest BCUT2D eigenvalue weighted by Gasteiger charge is 2.53. The summed E-state index contributed by atoms with van der Waals surface area (Å²) in [4.78, 5) is 6.81. The van der Waals surface area contributed by atoms with Gasteiger partial charge in [0.15, 0.2) is 17.5 Å². The zero-order valence-electron chi connectivity index (χ0n) is 21.8. The summed E-state index contributed by atoms with van der Waals surface area (Å²) in [7, 11) is -8.48. The Labute approximate surface area is 232 Å². The van der Waals surface area contributed by atoms with Crippen molar-refractivity contribution in [3.8, 4) is 0 Å². The predicted molar refractivity (Wildman–Crippen MR) is 142 cm³/mol. The van der Waals surface area contributed by atoms with E-state index in [1.54, 1.807) is 9.80 Å². The molecule has 0 amide bonds. The lowest BCUT2D eigenvalue weighted by Gasteiger charge is -2.43. The molecular formula is C25H24F4N6O4S2. The number of pyridine rings is 1. The Hall–Kier alpha value is -3.66. The van der Waals surface area contributed by atoms with E-state index >= 15 is 4.39 Å². The molecule has 6 rings (SSSR count). The van der Waals surface area contributed by atoms with Crippen LogP contribution in [0.3, 0.4) is 0 Å². The SMILES string of the molecule is CC(C)S(=O)(=O)n1ccc(S(=O)(=O)n2nc(N3CCN(c4ncc(F)cc4F)CC34CC4)c3c(F)cc(F)cc32)c1. The van der Waals surface area contributed by atoms with E-state index in [1.807, 2.05) is 0 Å². The summed E-state index contributed by atoms with van der Waals surface area (Å²) in [5.41, 5.74) is -1.03. The topological polar surface area (TPSA) is 110 Å². The Morgan fingerprint density at radius 2 is 1.63 bits per heavy atom. The molecule has 1 saturated heterocycles. The molecule has 0 N–H and O–H groups in total. The summed E-state index contributed by atoms with van der Waals surface area (Å²) in [6.45, 7) is 3.44. The predicted octanol–water partition coefficient (Wildman–Crippen LogP) is 3.47. The van der Waals surface area contributed by atoms with Crippen LogP contribution >= 0.6 is 0 Å². The van der Waals surface area contributed by atoms with E-state index in [4.69, 9.17) is 0 Å². The molecule has 10 nitrogen and oxygen atoms in total. The third-order valence-corrected chi connectivity index (χ3v) is 11.1. The lowest BCUT2D eigenvalue weighted by molar-refractivity contribution is 0.489. The molecule has 0 atom stereocenters. The average Bonchev–Trinajstić information content (AvgIpc) is 3.29. The van der Waals surface area contributed by atoms with Gasteiger partial charge in [0.2, 0.25) is 10.0 Å². The van der Waals surface area contributed by atoms with Crippen molar-refractivity contribution < 1.29 is 34.4 Å². The van der Waals surface area contributed by atoms with Gasteiger partial charge in [-0.2, -0.15) is 12.5 Å². The Kier molecular flexibility index (Phi) is 6.15. The summed E-state index contributed by atoms with van der Waals surface area (Å²) < 4.78 is 111. The van der Waals surface area contributed by atoms with Crippen molar-refractivity contribution in [2.45, 2.75) is 42.4 Å². The van der Waals surface area contributed by atoms with Crippen molar-refractivity contribution in [3.05, 3.63) is 66.1 Å². The molecule has 2 fully saturated rings. The molecule has 0 bridgehead atoms. The van der Waals surface area contributed by atoms with Crippen LogP contribution in [0, 0.1) is 23.3 Å². The first-order chi connectivity index (χ1) is 19.2. The zero-order valence-corrected chi connectivity index (χ0v) is 23.4. The van der Waals surface area contributed by atoms with Crippen molar-refractivity contribution in [1.29, 1.82) is 0 Å². The third kappa shape index (κ3) is 4.34. The minimum Gasteiger partial charge on any atom is -0.350 e. The van der Waals surface area contributed by atoms with Crippen LogP contribution in [-0.4, -0.2) is 65.4 Å². The van der Waals surface area contributed by atoms with Crippen LogP contribution in [0.2, 0.25) is 0 Å². The number of hydrogen-bond acceptors (Lipinski definition) is 8. The lowest BCUT2D eigenvalue weighted by Crippen LogP contribution is -2.56. The van der Waals surface area contributed by atoms with Gasteiger partial charge in [0.05, 0.1) is 27.9 Å². The van der Waals surface area contributed by atoms with Gasteiger partial charge in [-0.3, -0.25) is 3.97 Å². The van der Waals surface area contributed by atoms with E-state index < -0.39 is 59.0 Å². The van der Waals surface area contributed by atoms with Crippen molar-refractivity contribution in [1.82, 2.24) is 18.1 Å². The molecule has 0 unspecified atom stereocenters. The number of halogens is 4. The normalized spacial score (nSPS) is 17.2. The molecule has 1 aliphatic carbocycles. The molecule has 1 aromatic carbocycles. The molecule has 218 valence electrons. The van der Waals surface area contributed by atoms with Gasteiger partial charge in [-0.05, 0) is 32.8 Å². The summed E-state index contributed by atoms with van der Waals surface area (Å²) in [6.07, 6.45) is 4.09. The van der Waals surface area contributed by atoms with E-state index in [0.29, 0.717) is 23.0 Å². The van der Waals surface area contributed by atoms with Crippen LogP contribution in [0.15, 0.2) is 47.8 Å². The quantitative estimate of drug-likeness (QED) is 0.305. The first-order valence-electron chi connectivity index (χ1n) is 12.6. The van der Waals surface area contributed by atoms with Gasteiger partial charge in [0.25, 0.3) is 10.0 Å². The van der Waals surface area contributed by atoms with Crippen LogP contribution in [0.1, 0.15) is 26.7 Å². The Bertz CT molecular complexity index is 1920. The minimum absolute atomic E-state index is 0.0376. The highest BCUT2D eigenvalue weighted by atomic mass is 32.2. The summed E-state index contributed by atoms with van der Waals surface area (Å²) in [6, 6.07) is 3.28. The summed E-state index contributed by atoms with van der Waals surface area (Å²) in [5, 5.41) is 3.20. The molecule has 3 aromatic heterocycles. The van der Waals surface area contributed by atoms with E-state index in [0.717, 1.165) is 40.8 Å². The average molecular weight is 613 g/mol. The molecule has 1 aliphatic heterocycles. The minimum atomic E-state index is -4.61. The van der Waals surface area contributed by atoms with E-state index in [2.05, 4.69) is 10.1 Å². The number of aromatic nitrogens is 4. The zero-order chi connectivity index (χ0) is 29.5. The van der Waals surface area contributed by atoms with Crippen molar-refractivity contribution >= 4 is 42.6 Å². The van der Waals surface area contributed by atoms with Crippen LogP contribution in [-0.2, 0) is 20.0 Å². The highest BCUT2D eigenvalue weighted by Crippen LogP contribution is 2.49. The van der Waals surface area contributed by atoms with E-state index in [1.165, 1.54) is 13.8 Å². The van der Waals surface area contributed by atoms with Crippen molar-refractivity contribution in [3.63, 3.8) is 0 Å². The maximum absolute atomic E-state index is 15.3. The Morgan fingerprint density at radius 3 is 2.29 bits per heavy atom. The van der Waals surface area contributed by atoms with Crippen molar-refractivity contribution in [2.24, 2.45) is 0 Å². The number of rotatable bonds is 6. The fraction of sp³-hybridized carbons (Fsp3) is 0.360. The van der Waals surface area contributed by atoms with Gasteiger partial charge in [-0.15, -0.1) is 5.10 Å². The molecule has 4 heterocycles. The maximum atomic E-state index is 15.3. The van der Waals surface area contributed by atoms with Gasteiger partial charge in [-0.25, -0.2) is 31.0 Å². The number of benzene rings is 1. The van der Waals surface area contributed by atoms with Gasteiger partial charge < -0.3 is 9.80 Å². The molecule has 0 radical (unpaired) electrons. The second kappa shape index (κ2) is 9.17. The van der Waals surface area contributed by atoms with Crippen LogP contribution in [0.5, 0.6) is 0 Å². The summed E-state index contributed by atoms with van der Waals surface area (Å²) in [5.74, 6) is -3.78. The largest absolute Gasteiger partial charge is 0.350 e. The van der Waals surface area contributed by atoms with Gasteiger partial charge in [0.1, 0.15) is 22.3 Å². The first kappa shape index (κ1) is 27.5. The molecule has 1 saturated carbocycles. The number of fused-ring (bicyclic) bond motifs is 1. The standard InChI is InChI=1S/C25H24F4N6O4S2/c1-15(2)40(36,37)33-6-3-18(13-33)41(38,39)35-21-11-16(26)9-19(28)22(21)24(31-35)34-8-7-32(14-25(34)4-5-25)23-20(29)10-17(27)12-30-23/h3,6,9-13,15H,4-5,7-8,14H2,1-2H3. The fourth-order valence-corrected chi connectivity index (χ4v) is 7.52.